The summed E-state index contributed by atoms with van der Waals surface area (Å²) in [5, 5.41) is 1.17. The summed E-state index contributed by atoms with van der Waals surface area (Å²) in [4.78, 5) is 29.1. The second-order valence-electron chi connectivity index (χ2n) is 8.36. The number of halogens is 2. The van der Waals surface area contributed by atoms with Crippen molar-refractivity contribution in [1.29, 1.82) is 0 Å². The maximum absolute atomic E-state index is 13.8. The highest BCUT2D eigenvalue weighted by molar-refractivity contribution is 6.31. The molecule has 0 bridgehead atoms. The zero-order valence-electron chi connectivity index (χ0n) is 19.7. The summed E-state index contributed by atoms with van der Waals surface area (Å²) in [6.45, 7) is 4.87. The standard InChI is InChI=1S/C28H23Cl2NO5/c1-3-12-35-22-10-8-16(13-23(22)34-4-2)25-24-26(32)20-15-18(30)9-11-21(20)36-27(24)28(33)31(25)19-7-5-6-17(29)14-19/h5-11,13-15,25H,3-4,12H2,1-2H3. The van der Waals surface area contributed by atoms with Crippen molar-refractivity contribution in [1.82, 2.24) is 0 Å². The summed E-state index contributed by atoms with van der Waals surface area (Å²) in [6, 6.07) is 16.4. The van der Waals surface area contributed by atoms with E-state index in [4.69, 9.17) is 37.1 Å². The van der Waals surface area contributed by atoms with Gasteiger partial charge >= 0.3 is 0 Å². The Labute approximate surface area is 217 Å². The van der Waals surface area contributed by atoms with Crippen LogP contribution < -0.4 is 19.8 Å². The molecule has 6 nitrogen and oxygen atoms in total. The van der Waals surface area contributed by atoms with E-state index in [1.54, 1.807) is 54.6 Å². The van der Waals surface area contributed by atoms with E-state index >= 15 is 0 Å². The Morgan fingerprint density at radius 3 is 2.47 bits per heavy atom. The monoisotopic (exact) mass is 523 g/mol. The van der Waals surface area contributed by atoms with Crippen molar-refractivity contribution in [3.63, 3.8) is 0 Å². The molecule has 0 spiro atoms. The van der Waals surface area contributed by atoms with Crippen LogP contribution in [0, 0.1) is 0 Å². The minimum Gasteiger partial charge on any atom is -0.490 e. The van der Waals surface area contributed by atoms with Crippen molar-refractivity contribution >= 4 is 45.8 Å². The van der Waals surface area contributed by atoms with Gasteiger partial charge < -0.3 is 13.9 Å². The number of hydrogen-bond acceptors (Lipinski definition) is 5. The molecule has 1 amide bonds. The number of carbonyl (C=O) groups is 1. The van der Waals surface area contributed by atoms with Gasteiger partial charge in [-0.1, -0.05) is 42.3 Å². The number of carbonyl (C=O) groups excluding carboxylic acids is 1. The number of ether oxygens (including phenoxy) is 2. The third-order valence-electron chi connectivity index (χ3n) is 5.96. The predicted octanol–water partition coefficient (Wildman–Crippen LogP) is 7.04. The lowest BCUT2D eigenvalue weighted by Gasteiger charge is -2.26. The highest BCUT2D eigenvalue weighted by atomic mass is 35.5. The van der Waals surface area contributed by atoms with Crippen LogP contribution >= 0.6 is 23.2 Å². The Morgan fingerprint density at radius 1 is 0.917 bits per heavy atom. The molecule has 0 radical (unpaired) electrons. The Morgan fingerprint density at radius 2 is 1.72 bits per heavy atom. The number of benzene rings is 3. The molecule has 0 saturated carbocycles. The fraction of sp³-hybridized carbons (Fsp3) is 0.214. The first-order chi connectivity index (χ1) is 17.4. The number of anilines is 1. The lowest BCUT2D eigenvalue weighted by Crippen LogP contribution is -2.29. The Balaban J connectivity index is 1.76. The summed E-state index contributed by atoms with van der Waals surface area (Å²) in [7, 11) is 0. The molecule has 36 heavy (non-hydrogen) atoms. The maximum atomic E-state index is 13.8. The van der Waals surface area contributed by atoms with E-state index in [9.17, 15) is 9.59 Å². The summed E-state index contributed by atoms with van der Waals surface area (Å²) >= 11 is 12.4. The lowest BCUT2D eigenvalue weighted by atomic mass is 9.97. The van der Waals surface area contributed by atoms with Crippen LogP contribution in [0.2, 0.25) is 10.0 Å². The van der Waals surface area contributed by atoms with Gasteiger partial charge in [-0.05, 0) is 67.4 Å². The SMILES string of the molecule is CCCOc1ccc(C2c3c(oc4ccc(Cl)cc4c3=O)C(=O)N2c2cccc(Cl)c2)cc1OCC. The molecule has 8 heteroatoms. The van der Waals surface area contributed by atoms with Crippen LogP contribution in [0.3, 0.4) is 0 Å². The summed E-state index contributed by atoms with van der Waals surface area (Å²) in [5.74, 6) is 0.682. The highest BCUT2D eigenvalue weighted by Crippen LogP contribution is 2.43. The van der Waals surface area contributed by atoms with E-state index in [0.29, 0.717) is 57.0 Å². The average Bonchev–Trinajstić information content (AvgIpc) is 3.16. The van der Waals surface area contributed by atoms with Gasteiger partial charge in [0.1, 0.15) is 5.58 Å². The molecule has 4 aromatic rings. The number of rotatable bonds is 7. The molecule has 184 valence electrons. The van der Waals surface area contributed by atoms with Gasteiger partial charge in [0.25, 0.3) is 5.91 Å². The summed E-state index contributed by atoms with van der Waals surface area (Å²) in [6.07, 6.45) is 0.844. The van der Waals surface area contributed by atoms with Gasteiger partial charge in [0.2, 0.25) is 5.76 Å². The second-order valence-corrected chi connectivity index (χ2v) is 9.23. The van der Waals surface area contributed by atoms with Crippen LogP contribution in [0.15, 0.2) is 69.9 Å². The molecule has 5 rings (SSSR count). The number of amides is 1. The van der Waals surface area contributed by atoms with Gasteiger partial charge in [0.05, 0.1) is 30.2 Å². The predicted molar refractivity (Wildman–Crippen MR) is 141 cm³/mol. The number of nitrogens with zero attached hydrogens (tertiary/aromatic N) is 1. The minimum atomic E-state index is -0.773. The van der Waals surface area contributed by atoms with Crippen molar-refractivity contribution in [3.8, 4) is 11.5 Å². The third-order valence-corrected chi connectivity index (χ3v) is 6.43. The third kappa shape index (κ3) is 4.21. The molecule has 0 fully saturated rings. The number of fused-ring (bicyclic) bond motifs is 2. The molecule has 1 aliphatic heterocycles. The fourth-order valence-corrected chi connectivity index (χ4v) is 4.80. The van der Waals surface area contributed by atoms with E-state index in [-0.39, 0.29) is 16.8 Å². The zero-order chi connectivity index (χ0) is 25.4. The van der Waals surface area contributed by atoms with Gasteiger partial charge in [-0.2, -0.15) is 0 Å². The first-order valence-electron chi connectivity index (χ1n) is 11.7. The highest BCUT2D eigenvalue weighted by Gasteiger charge is 2.44. The van der Waals surface area contributed by atoms with Gasteiger partial charge in [-0.15, -0.1) is 0 Å². The zero-order valence-corrected chi connectivity index (χ0v) is 21.2. The molecule has 1 unspecified atom stereocenters. The molecule has 1 aliphatic rings. The quantitative estimate of drug-likeness (QED) is 0.260. The van der Waals surface area contributed by atoms with Crippen LogP contribution in [0.5, 0.6) is 11.5 Å². The van der Waals surface area contributed by atoms with Crippen molar-refractivity contribution in [2.75, 3.05) is 18.1 Å². The smallest absolute Gasteiger partial charge is 0.295 e. The average molecular weight is 524 g/mol. The van der Waals surface area contributed by atoms with E-state index in [1.165, 1.54) is 4.90 Å². The van der Waals surface area contributed by atoms with E-state index in [2.05, 4.69) is 0 Å². The van der Waals surface area contributed by atoms with E-state index in [0.717, 1.165) is 6.42 Å². The Kier molecular flexibility index (Phi) is 6.65. The Bertz CT molecular complexity index is 1530. The van der Waals surface area contributed by atoms with Gasteiger partial charge in [-0.25, -0.2) is 0 Å². The molecular formula is C28H23Cl2NO5. The van der Waals surface area contributed by atoms with Gasteiger partial charge in [0, 0.05) is 15.7 Å². The van der Waals surface area contributed by atoms with Crippen molar-refractivity contribution in [2.45, 2.75) is 26.3 Å². The summed E-state index contributed by atoms with van der Waals surface area (Å²) in [5.41, 5.74) is 1.42. The molecule has 0 saturated heterocycles. The molecule has 3 aromatic carbocycles. The minimum absolute atomic E-state index is 0.0101. The molecule has 0 aliphatic carbocycles. The Hall–Kier alpha value is -3.48. The summed E-state index contributed by atoms with van der Waals surface area (Å²) < 4.78 is 17.7. The van der Waals surface area contributed by atoms with Crippen molar-refractivity contribution in [2.24, 2.45) is 0 Å². The van der Waals surface area contributed by atoms with Crippen molar-refractivity contribution in [3.05, 3.63) is 97.8 Å². The largest absolute Gasteiger partial charge is 0.490 e. The molecular weight excluding hydrogens is 501 g/mol. The number of hydrogen-bond donors (Lipinski definition) is 0. The molecule has 2 heterocycles. The molecule has 0 N–H and O–H groups in total. The van der Waals surface area contributed by atoms with E-state index in [1.807, 2.05) is 19.9 Å². The van der Waals surface area contributed by atoms with Crippen molar-refractivity contribution < 1.29 is 18.7 Å². The molecule has 1 aromatic heterocycles. The van der Waals surface area contributed by atoms with Crippen LogP contribution in [-0.4, -0.2) is 19.1 Å². The maximum Gasteiger partial charge on any atom is 0.295 e. The lowest BCUT2D eigenvalue weighted by molar-refractivity contribution is 0.0971. The normalized spacial score (nSPS) is 14.8. The molecule has 1 atom stereocenters. The first-order valence-corrected chi connectivity index (χ1v) is 12.4. The topological polar surface area (TPSA) is 69.0 Å². The van der Waals surface area contributed by atoms with E-state index < -0.39 is 11.9 Å². The van der Waals surface area contributed by atoms with Crippen LogP contribution in [0.25, 0.3) is 11.0 Å². The fourth-order valence-electron chi connectivity index (χ4n) is 4.45. The van der Waals surface area contributed by atoms with Crippen LogP contribution in [0.1, 0.15) is 48.0 Å². The van der Waals surface area contributed by atoms with Gasteiger partial charge in [-0.3, -0.25) is 14.5 Å². The second kappa shape index (κ2) is 9.88. The van der Waals surface area contributed by atoms with Crippen LogP contribution in [-0.2, 0) is 0 Å². The first kappa shape index (κ1) is 24.2. The van der Waals surface area contributed by atoms with Crippen LogP contribution in [0.4, 0.5) is 5.69 Å². The van der Waals surface area contributed by atoms with Gasteiger partial charge in [0.15, 0.2) is 16.9 Å².